The molecule has 0 unspecified atom stereocenters. The number of carbonyl (C=O) groups excluding carboxylic acids is 2. The average Bonchev–Trinajstić information content (AvgIpc) is 3.05. The van der Waals surface area contributed by atoms with Crippen LogP contribution in [0.15, 0.2) is 42.5 Å². The molecule has 32 heavy (non-hydrogen) atoms. The Morgan fingerprint density at radius 2 is 1.78 bits per heavy atom. The van der Waals surface area contributed by atoms with Gasteiger partial charge < -0.3 is 15.4 Å². The van der Waals surface area contributed by atoms with Crippen LogP contribution < -0.4 is 15.4 Å². The predicted octanol–water partition coefficient (Wildman–Crippen LogP) is 5.47. The van der Waals surface area contributed by atoms with Gasteiger partial charge in [-0.15, -0.1) is 0 Å². The number of methoxy groups -OCH3 is 1. The van der Waals surface area contributed by atoms with E-state index in [-0.39, 0.29) is 11.8 Å². The largest absolute Gasteiger partial charge is 0.496 e. The summed E-state index contributed by atoms with van der Waals surface area (Å²) < 4.78 is 7.16. The molecule has 0 saturated heterocycles. The number of anilines is 2. The first-order chi connectivity index (χ1) is 15.3. The molecule has 3 aromatic rings. The zero-order chi connectivity index (χ0) is 23.3. The molecule has 0 aliphatic heterocycles. The molecule has 2 amide bonds. The minimum Gasteiger partial charge on any atom is -0.496 e. The lowest BCUT2D eigenvalue weighted by Gasteiger charge is -2.11. The molecule has 0 aliphatic rings. The number of ether oxygens (including phenoxy) is 1. The molecule has 168 valence electrons. The van der Waals surface area contributed by atoms with Crippen molar-refractivity contribution in [2.24, 2.45) is 0 Å². The summed E-state index contributed by atoms with van der Waals surface area (Å²) in [5, 5.41) is 10.7. The van der Waals surface area contributed by atoms with Crippen molar-refractivity contribution < 1.29 is 14.3 Å². The standard InChI is InChI=1S/C24H27ClN4O3/c1-5-6-13-29-16(3)22(15(2)28-29)27-23(30)17-7-10-19(11-8-17)26-24(31)20-14-18(25)9-12-21(20)32-4/h7-12,14H,5-6,13H2,1-4H3,(H,26,31)(H,27,30). The van der Waals surface area contributed by atoms with Crippen LogP contribution >= 0.6 is 11.6 Å². The Kier molecular flexibility index (Phi) is 7.53. The van der Waals surface area contributed by atoms with E-state index >= 15 is 0 Å². The highest BCUT2D eigenvalue weighted by Crippen LogP contribution is 2.24. The molecule has 0 radical (unpaired) electrons. The molecule has 0 spiro atoms. The van der Waals surface area contributed by atoms with Gasteiger partial charge in [0, 0.05) is 22.8 Å². The molecule has 0 aliphatic carbocycles. The van der Waals surface area contributed by atoms with Crippen LogP contribution in [-0.2, 0) is 6.54 Å². The molecule has 1 aromatic heterocycles. The van der Waals surface area contributed by atoms with E-state index in [2.05, 4.69) is 22.7 Å². The number of unbranched alkanes of at least 4 members (excludes halogenated alkanes) is 1. The van der Waals surface area contributed by atoms with Crippen molar-refractivity contribution in [1.82, 2.24) is 9.78 Å². The zero-order valence-electron chi connectivity index (χ0n) is 18.7. The lowest BCUT2D eigenvalue weighted by atomic mass is 10.1. The van der Waals surface area contributed by atoms with E-state index in [0.717, 1.165) is 36.5 Å². The molecule has 8 heteroatoms. The van der Waals surface area contributed by atoms with Crippen molar-refractivity contribution in [2.75, 3.05) is 17.7 Å². The highest BCUT2D eigenvalue weighted by molar-refractivity contribution is 6.31. The Morgan fingerprint density at radius 3 is 2.44 bits per heavy atom. The van der Waals surface area contributed by atoms with Crippen molar-refractivity contribution in [1.29, 1.82) is 0 Å². The van der Waals surface area contributed by atoms with Crippen LogP contribution in [0.25, 0.3) is 0 Å². The second-order valence-electron chi connectivity index (χ2n) is 7.45. The summed E-state index contributed by atoms with van der Waals surface area (Å²) in [5.74, 6) is -0.166. The van der Waals surface area contributed by atoms with E-state index < -0.39 is 0 Å². The Bertz CT molecular complexity index is 1120. The van der Waals surface area contributed by atoms with Crippen molar-refractivity contribution in [3.63, 3.8) is 0 Å². The molecule has 0 atom stereocenters. The lowest BCUT2D eigenvalue weighted by Crippen LogP contribution is -2.15. The van der Waals surface area contributed by atoms with Crippen molar-refractivity contribution in [3.05, 3.63) is 70.0 Å². The van der Waals surface area contributed by atoms with E-state index in [0.29, 0.717) is 27.6 Å². The maximum absolute atomic E-state index is 12.8. The molecule has 2 aromatic carbocycles. The van der Waals surface area contributed by atoms with Crippen LogP contribution in [0.5, 0.6) is 5.75 Å². The Hall–Kier alpha value is -3.32. The normalized spacial score (nSPS) is 10.7. The van der Waals surface area contributed by atoms with Crippen LogP contribution in [0.2, 0.25) is 5.02 Å². The third-order valence-electron chi connectivity index (χ3n) is 5.15. The minimum atomic E-state index is -0.354. The van der Waals surface area contributed by atoms with Crippen molar-refractivity contribution >= 4 is 34.8 Å². The van der Waals surface area contributed by atoms with Gasteiger partial charge in [-0.25, -0.2) is 0 Å². The van der Waals surface area contributed by atoms with Gasteiger partial charge in [0.25, 0.3) is 11.8 Å². The summed E-state index contributed by atoms with van der Waals surface area (Å²) in [7, 11) is 1.49. The maximum Gasteiger partial charge on any atom is 0.259 e. The number of nitrogens with one attached hydrogen (secondary N) is 2. The Morgan fingerprint density at radius 1 is 1.06 bits per heavy atom. The zero-order valence-corrected chi connectivity index (χ0v) is 19.4. The molecule has 0 fully saturated rings. The van der Waals surface area contributed by atoms with Gasteiger partial charge in [-0.2, -0.15) is 5.10 Å². The van der Waals surface area contributed by atoms with Crippen LogP contribution in [0.1, 0.15) is 51.9 Å². The number of hydrogen-bond acceptors (Lipinski definition) is 4. The SMILES string of the molecule is CCCCn1nc(C)c(NC(=O)c2ccc(NC(=O)c3cc(Cl)ccc3OC)cc2)c1C. The van der Waals surface area contributed by atoms with Crippen molar-refractivity contribution in [2.45, 2.75) is 40.2 Å². The second kappa shape index (κ2) is 10.3. The number of aryl methyl sites for hydroxylation is 2. The molecular weight excluding hydrogens is 428 g/mol. The quantitative estimate of drug-likeness (QED) is 0.472. The van der Waals surface area contributed by atoms with Crippen LogP contribution in [0.4, 0.5) is 11.4 Å². The lowest BCUT2D eigenvalue weighted by molar-refractivity contribution is 0.101. The van der Waals surface area contributed by atoms with Crippen molar-refractivity contribution in [3.8, 4) is 5.75 Å². The molecule has 2 N–H and O–H groups in total. The number of nitrogens with zero attached hydrogens (tertiary/aromatic N) is 2. The molecular formula is C24H27ClN4O3. The van der Waals surface area contributed by atoms with Gasteiger partial charge in [0.2, 0.25) is 0 Å². The highest BCUT2D eigenvalue weighted by Gasteiger charge is 2.16. The first kappa shape index (κ1) is 23.3. The summed E-state index contributed by atoms with van der Waals surface area (Å²) in [4.78, 5) is 25.4. The van der Waals surface area contributed by atoms with Gasteiger partial charge in [0.1, 0.15) is 5.75 Å². The van der Waals surface area contributed by atoms with Gasteiger partial charge in [-0.05, 0) is 62.7 Å². The summed E-state index contributed by atoms with van der Waals surface area (Å²) in [6, 6.07) is 11.5. The van der Waals surface area contributed by atoms with Gasteiger partial charge in [-0.1, -0.05) is 24.9 Å². The van der Waals surface area contributed by atoms with E-state index in [9.17, 15) is 9.59 Å². The van der Waals surface area contributed by atoms with Crippen LogP contribution in [-0.4, -0.2) is 28.7 Å². The van der Waals surface area contributed by atoms with Crippen LogP contribution in [0, 0.1) is 13.8 Å². The Balaban J connectivity index is 1.70. The summed E-state index contributed by atoms with van der Waals surface area (Å²) in [6.07, 6.45) is 2.11. The molecule has 3 rings (SSSR count). The second-order valence-corrected chi connectivity index (χ2v) is 7.89. The molecule has 0 bridgehead atoms. The van der Waals surface area contributed by atoms with E-state index in [1.807, 2.05) is 18.5 Å². The van der Waals surface area contributed by atoms with Gasteiger partial charge >= 0.3 is 0 Å². The third-order valence-corrected chi connectivity index (χ3v) is 5.39. The topological polar surface area (TPSA) is 85.3 Å². The monoisotopic (exact) mass is 454 g/mol. The maximum atomic E-state index is 12.8. The van der Waals surface area contributed by atoms with Gasteiger partial charge in [0.05, 0.1) is 29.7 Å². The van der Waals surface area contributed by atoms with Gasteiger partial charge in [-0.3, -0.25) is 14.3 Å². The molecule has 1 heterocycles. The summed E-state index contributed by atoms with van der Waals surface area (Å²) >= 11 is 6.01. The number of carbonyl (C=O) groups is 2. The fourth-order valence-corrected chi connectivity index (χ4v) is 3.52. The number of benzene rings is 2. The third kappa shape index (κ3) is 5.29. The van der Waals surface area contributed by atoms with E-state index in [4.69, 9.17) is 16.3 Å². The Labute approximate surface area is 192 Å². The average molecular weight is 455 g/mol. The number of hydrogen-bond donors (Lipinski definition) is 2. The first-order valence-corrected chi connectivity index (χ1v) is 10.8. The number of amides is 2. The van der Waals surface area contributed by atoms with Crippen LogP contribution in [0.3, 0.4) is 0 Å². The smallest absolute Gasteiger partial charge is 0.259 e. The fraction of sp³-hybridized carbons (Fsp3) is 0.292. The van der Waals surface area contributed by atoms with E-state index in [1.54, 1.807) is 42.5 Å². The number of rotatable bonds is 8. The van der Waals surface area contributed by atoms with E-state index in [1.165, 1.54) is 7.11 Å². The number of aromatic nitrogens is 2. The predicted molar refractivity (Wildman–Crippen MR) is 127 cm³/mol. The first-order valence-electron chi connectivity index (χ1n) is 10.4. The summed E-state index contributed by atoms with van der Waals surface area (Å²) in [5.41, 5.74) is 3.80. The fourth-order valence-electron chi connectivity index (χ4n) is 3.35. The molecule has 7 nitrogen and oxygen atoms in total. The molecule has 0 saturated carbocycles. The summed E-state index contributed by atoms with van der Waals surface area (Å²) in [6.45, 7) is 6.79. The number of halogens is 1. The minimum absolute atomic E-state index is 0.236. The van der Waals surface area contributed by atoms with Gasteiger partial charge in [0.15, 0.2) is 0 Å². The highest BCUT2D eigenvalue weighted by atomic mass is 35.5.